The van der Waals surface area contributed by atoms with E-state index in [1.807, 2.05) is 0 Å². The molecule has 0 aliphatic rings. The topological polar surface area (TPSA) is 34.1 Å². The van der Waals surface area contributed by atoms with Gasteiger partial charge in [-0.2, -0.15) is 8.42 Å². The Hall–Kier alpha value is 0.460. The van der Waals surface area contributed by atoms with Gasteiger partial charge in [-0.1, -0.05) is 0 Å². The summed E-state index contributed by atoms with van der Waals surface area (Å²) in [6.45, 7) is 0. The Morgan fingerprint density at radius 1 is 1.29 bits per heavy atom. The van der Waals surface area contributed by atoms with Gasteiger partial charge < -0.3 is 0 Å². The number of hydrogen-bond acceptors (Lipinski definition) is 2. The summed E-state index contributed by atoms with van der Waals surface area (Å²) in [5.41, 5.74) is 0. The van der Waals surface area contributed by atoms with Crippen LogP contribution in [0.2, 0.25) is 0 Å². The molecule has 0 aromatic carbocycles. The second-order valence-corrected chi connectivity index (χ2v) is 4.05. The fourth-order valence-electron chi connectivity index (χ4n) is 0. The van der Waals surface area contributed by atoms with Crippen molar-refractivity contribution in [1.82, 2.24) is 0 Å². The molecule has 0 saturated heterocycles. The highest BCUT2D eigenvalue weighted by molar-refractivity contribution is 8.31. The van der Waals surface area contributed by atoms with Crippen LogP contribution in [-0.2, 0) is 8.26 Å². The standard InChI is InChI=1S/CF.Cl2O2S/c1-2;1-5(2,3)4. The first-order chi connectivity index (χ1) is 3.00. The molecule has 0 aromatic heterocycles. The first kappa shape index (κ1) is 10.4. The maximum Gasteiger partial charge on any atom is 0.317 e. The number of hydrogen-bond donors (Lipinski definition) is 0. The minimum atomic E-state index is -3.72. The maximum absolute atomic E-state index is 9.16. The zero-order valence-corrected chi connectivity index (χ0v) is 5.19. The van der Waals surface area contributed by atoms with Crippen molar-refractivity contribution < 1.29 is 12.8 Å². The van der Waals surface area contributed by atoms with Crippen LogP contribution < -0.4 is 0 Å². The predicted molar refractivity (Wildman–Crippen MR) is 25.0 cm³/mol. The SMILES string of the molecule is O=S(=O)(Cl)Cl.[C]F. The highest BCUT2D eigenvalue weighted by Gasteiger charge is 1.88. The monoisotopic (exact) mass is 165 g/mol. The molecular formula is CCl2FO2S. The molecule has 0 atom stereocenters. The van der Waals surface area contributed by atoms with Crippen LogP contribution in [0.4, 0.5) is 4.39 Å². The lowest BCUT2D eigenvalue weighted by molar-refractivity contribution is 0.621. The maximum atomic E-state index is 9.16. The van der Waals surface area contributed by atoms with Gasteiger partial charge in [0.25, 0.3) is 0 Å². The van der Waals surface area contributed by atoms with Crippen LogP contribution in [0, 0.1) is 7.18 Å². The zero-order valence-electron chi connectivity index (χ0n) is 2.86. The molecule has 0 aromatic rings. The molecule has 0 heterocycles. The molecule has 0 fully saturated rings. The molecule has 0 aliphatic heterocycles. The van der Waals surface area contributed by atoms with Gasteiger partial charge in [-0.3, -0.25) is 0 Å². The molecule has 6 heteroatoms. The van der Waals surface area contributed by atoms with E-state index in [0.717, 1.165) is 0 Å². The van der Waals surface area contributed by atoms with Gasteiger partial charge in [-0.25, -0.2) is 4.39 Å². The molecule has 0 amide bonds. The van der Waals surface area contributed by atoms with Crippen molar-refractivity contribution in [3.05, 3.63) is 7.18 Å². The normalized spacial score (nSPS) is 9.14. The fraction of sp³-hybridized carbons (Fsp3) is 0. The fourth-order valence-corrected chi connectivity index (χ4v) is 0. The Balaban J connectivity index is 0. The summed E-state index contributed by atoms with van der Waals surface area (Å²) in [5, 5.41) is 0. The molecule has 0 bridgehead atoms. The smallest absolute Gasteiger partial charge is 0.232 e. The van der Waals surface area contributed by atoms with Gasteiger partial charge in [0.05, 0.1) is 0 Å². The summed E-state index contributed by atoms with van der Waals surface area (Å²) in [4.78, 5) is 0. The van der Waals surface area contributed by atoms with Gasteiger partial charge in [-0.15, -0.1) is 0 Å². The van der Waals surface area contributed by atoms with Crippen LogP contribution in [0.1, 0.15) is 0 Å². The number of rotatable bonds is 0. The summed E-state index contributed by atoms with van der Waals surface area (Å²) in [6.07, 6.45) is 0. The van der Waals surface area contributed by atoms with Gasteiger partial charge >= 0.3 is 8.26 Å². The van der Waals surface area contributed by atoms with Gasteiger partial charge in [0.2, 0.25) is 7.18 Å². The molecule has 3 radical (unpaired) electrons. The first-order valence-corrected chi connectivity index (χ1v) is 3.97. The van der Waals surface area contributed by atoms with E-state index in [1.165, 1.54) is 0 Å². The second-order valence-electron chi connectivity index (χ2n) is 0.378. The van der Waals surface area contributed by atoms with E-state index in [1.54, 1.807) is 0 Å². The zero-order chi connectivity index (χ0) is 6.50. The van der Waals surface area contributed by atoms with Crippen LogP contribution in [-0.4, -0.2) is 8.42 Å². The second kappa shape index (κ2) is 4.61. The van der Waals surface area contributed by atoms with Crippen LogP contribution in [0.5, 0.6) is 0 Å². The van der Waals surface area contributed by atoms with Crippen LogP contribution >= 0.6 is 21.4 Å². The molecule has 7 heavy (non-hydrogen) atoms. The summed E-state index contributed by atoms with van der Waals surface area (Å²) in [5.74, 6) is 0. The van der Waals surface area contributed by atoms with Gasteiger partial charge in [0.15, 0.2) is 0 Å². The summed E-state index contributed by atoms with van der Waals surface area (Å²) >= 11 is 0. The lowest BCUT2D eigenvalue weighted by Gasteiger charge is -1.61. The van der Waals surface area contributed by atoms with Crippen molar-refractivity contribution in [2.24, 2.45) is 0 Å². The third-order valence-electron chi connectivity index (χ3n) is 0. The van der Waals surface area contributed by atoms with Gasteiger partial charge in [0.1, 0.15) is 0 Å². The largest absolute Gasteiger partial charge is 0.317 e. The van der Waals surface area contributed by atoms with E-state index in [0.29, 0.717) is 0 Å². The first-order valence-electron chi connectivity index (χ1n) is 0.831. The Morgan fingerprint density at radius 3 is 1.29 bits per heavy atom. The average Bonchev–Trinajstić information content (AvgIpc) is 1.36. The number of halogens is 3. The summed E-state index contributed by atoms with van der Waals surface area (Å²) in [7, 11) is 9.06. The molecule has 0 N–H and O–H groups in total. The van der Waals surface area contributed by atoms with Crippen molar-refractivity contribution in [3.8, 4) is 0 Å². The predicted octanol–water partition coefficient (Wildman–Crippen LogP) is 1.21. The van der Waals surface area contributed by atoms with Crippen molar-refractivity contribution in [3.63, 3.8) is 0 Å². The molecule has 2 nitrogen and oxygen atoms in total. The van der Waals surface area contributed by atoms with E-state index < -0.39 is 8.26 Å². The van der Waals surface area contributed by atoms with Crippen LogP contribution in [0.3, 0.4) is 0 Å². The van der Waals surface area contributed by atoms with E-state index >= 15 is 0 Å². The van der Waals surface area contributed by atoms with Crippen molar-refractivity contribution in [2.75, 3.05) is 0 Å². The highest BCUT2D eigenvalue weighted by atomic mass is 36.0. The van der Waals surface area contributed by atoms with E-state index in [4.69, 9.17) is 12.8 Å². The molecule has 0 spiro atoms. The third-order valence-corrected chi connectivity index (χ3v) is 0. The quantitative estimate of drug-likeness (QED) is 0.506. The molecule has 0 unspecified atom stereocenters. The van der Waals surface area contributed by atoms with E-state index in [9.17, 15) is 0 Å². The van der Waals surface area contributed by atoms with E-state index in [2.05, 4.69) is 28.5 Å². The molecule has 0 saturated carbocycles. The van der Waals surface area contributed by atoms with Crippen molar-refractivity contribution >= 4 is 29.6 Å². The Bertz CT molecular complexity index is 98.9. The minimum absolute atomic E-state index is 3.72. The van der Waals surface area contributed by atoms with E-state index in [-0.39, 0.29) is 0 Å². The van der Waals surface area contributed by atoms with Crippen LogP contribution in [0.25, 0.3) is 0 Å². The lowest BCUT2D eigenvalue weighted by Crippen LogP contribution is -1.63. The Morgan fingerprint density at radius 2 is 1.29 bits per heavy atom. The minimum Gasteiger partial charge on any atom is -0.232 e. The molecule has 0 rings (SSSR count). The Labute approximate surface area is 50.2 Å². The summed E-state index contributed by atoms with van der Waals surface area (Å²) < 4.78 is 27.1. The van der Waals surface area contributed by atoms with Crippen molar-refractivity contribution in [2.45, 2.75) is 0 Å². The summed E-state index contributed by atoms with van der Waals surface area (Å²) in [6, 6.07) is 0. The van der Waals surface area contributed by atoms with Gasteiger partial charge in [-0.05, 0) is 0 Å². The third kappa shape index (κ3) is 607. The van der Waals surface area contributed by atoms with Crippen molar-refractivity contribution in [1.29, 1.82) is 0 Å². The molecule has 43 valence electrons. The average molecular weight is 166 g/mol. The van der Waals surface area contributed by atoms with Gasteiger partial charge in [0, 0.05) is 21.4 Å². The van der Waals surface area contributed by atoms with Crippen LogP contribution in [0.15, 0.2) is 0 Å². The molecule has 0 aliphatic carbocycles. The Kier molecular flexibility index (Phi) is 6.88. The molecular weight excluding hydrogens is 166 g/mol. The highest BCUT2D eigenvalue weighted by Crippen LogP contribution is 1.98. The lowest BCUT2D eigenvalue weighted by atomic mass is 11.9.